The Kier molecular flexibility index (Phi) is 6.83. The summed E-state index contributed by atoms with van der Waals surface area (Å²) < 4.78 is 6.70. The fourth-order valence-corrected chi connectivity index (χ4v) is 6.66. The number of para-hydroxylation sites is 1. The molecule has 0 spiro atoms. The van der Waals surface area contributed by atoms with Crippen LogP contribution in [-0.4, -0.2) is 15.0 Å². The Hall–Kier alpha value is -6.39. The van der Waals surface area contributed by atoms with E-state index in [1.165, 1.54) is 11.1 Å². The summed E-state index contributed by atoms with van der Waals surface area (Å²) in [6, 6.07) is 56.5. The molecule has 6 aromatic carbocycles. The molecule has 1 aliphatic carbocycles. The van der Waals surface area contributed by atoms with Crippen LogP contribution in [0.2, 0.25) is 0 Å². The Labute approximate surface area is 278 Å². The molecule has 0 bridgehead atoms. The second-order valence-electron chi connectivity index (χ2n) is 12.0. The Morgan fingerprint density at radius 1 is 0.417 bits per heavy atom. The number of fused-ring (bicyclic) bond motifs is 3. The summed E-state index contributed by atoms with van der Waals surface area (Å²) in [7, 11) is 0. The maximum atomic E-state index is 6.70. The zero-order chi connectivity index (χ0) is 31.9. The lowest BCUT2D eigenvalue weighted by Gasteiger charge is -2.12. The van der Waals surface area contributed by atoms with Crippen molar-refractivity contribution in [1.29, 1.82) is 0 Å². The standard InChI is InChI=1S/C44H29N3O/c1-5-15-29(16-6-1)33-25-34(30-17-7-2-8-18-30)27-35(26-33)37-28-38(41-40(37)36-23-13-14-24-39(36)48-41)44-46-42(31-19-9-3-10-20-31)45-43(47-44)32-21-11-4-12-22-32/h1-28,38H. The predicted octanol–water partition coefficient (Wildman–Crippen LogP) is 10.9. The monoisotopic (exact) mass is 615 g/mol. The quantitative estimate of drug-likeness (QED) is 0.187. The molecule has 0 amide bonds. The van der Waals surface area contributed by atoms with Gasteiger partial charge in [0.1, 0.15) is 17.2 Å². The summed E-state index contributed by atoms with van der Waals surface area (Å²) in [5.41, 5.74) is 10.7. The highest BCUT2D eigenvalue weighted by Crippen LogP contribution is 2.48. The summed E-state index contributed by atoms with van der Waals surface area (Å²) in [5.74, 6) is 2.46. The van der Waals surface area contributed by atoms with Gasteiger partial charge < -0.3 is 4.42 Å². The van der Waals surface area contributed by atoms with E-state index in [1.54, 1.807) is 0 Å². The van der Waals surface area contributed by atoms with E-state index in [-0.39, 0.29) is 5.92 Å². The number of nitrogens with zero attached hydrogens (tertiary/aromatic N) is 3. The van der Waals surface area contributed by atoms with Gasteiger partial charge >= 0.3 is 0 Å². The van der Waals surface area contributed by atoms with Crippen molar-refractivity contribution in [3.8, 4) is 45.0 Å². The molecule has 48 heavy (non-hydrogen) atoms. The zero-order valence-corrected chi connectivity index (χ0v) is 26.0. The van der Waals surface area contributed by atoms with Crippen molar-refractivity contribution in [2.75, 3.05) is 0 Å². The van der Waals surface area contributed by atoms with Crippen LogP contribution in [0.3, 0.4) is 0 Å². The van der Waals surface area contributed by atoms with Gasteiger partial charge in [0.15, 0.2) is 11.6 Å². The van der Waals surface area contributed by atoms with E-state index in [4.69, 9.17) is 19.4 Å². The first-order valence-corrected chi connectivity index (χ1v) is 16.2. The average Bonchev–Trinajstić information content (AvgIpc) is 3.74. The second kappa shape index (κ2) is 11.8. The van der Waals surface area contributed by atoms with Crippen molar-refractivity contribution in [2.24, 2.45) is 0 Å². The number of rotatable bonds is 6. The molecule has 2 aromatic heterocycles. The smallest absolute Gasteiger partial charge is 0.163 e. The molecule has 1 unspecified atom stereocenters. The Bertz CT molecular complexity index is 2320. The third kappa shape index (κ3) is 5.01. The predicted molar refractivity (Wildman–Crippen MR) is 193 cm³/mol. The number of allylic oxidation sites excluding steroid dienone is 1. The third-order valence-electron chi connectivity index (χ3n) is 8.96. The van der Waals surface area contributed by atoms with Gasteiger partial charge in [-0.2, -0.15) is 0 Å². The first-order chi connectivity index (χ1) is 23.8. The molecule has 1 aliphatic rings. The van der Waals surface area contributed by atoms with Gasteiger partial charge in [0.05, 0.1) is 5.92 Å². The lowest BCUT2D eigenvalue weighted by molar-refractivity contribution is 0.541. The molecule has 4 heteroatoms. The van der Waals surface area contributed by atoms with Crippen LogP contribution >= 0.6 is 0 Å². The van der Waals surface area contributed by atoms with Gasteiger partial charge in [-0.3, -0.25) is 0 Å². The van der Waals surface area contributed by atoms with Crippen LogP contribution in [0.1, 0.15) is 28.6 Å². The molecule has 0 N–H and O–H groups in total. The van der Waals surface area contributed by atoms with Gasteiger partial charge in [-0.05, 0) is 57.7 Å². The van der Waals surface area contributed by atoms with Gasteiger partial charge in [-0.15, -0.1) is 0 Å². The van der Waals surface area contributed by atoms with E-state index >= 15 is 0 Å². The molecule has 1 atom stereocenters. The number of furan rings is 1. The lowest BCUT2D eigenvalue weighted by Crippen LogP contribution is -2.07. The van der Waals surface area contributed by atoms with Gasteiger partial charge in [0, 0.05) is 22.1 Å². The first kappa shape index (κ1) is 27.9. The molecule has 0 saturated carbocycles. The summed E-state index contributed by atoms with van der Waals surface area (Å²) in [5, 5.41) is 1.08. The number of benzene rings is 6. The van der Waals surface area contributed by atoms with Crippen molar-refractivity contribution < 1.29 is 4.42 Å². The molecule has 0 fully saturated rings. The molecule has 4 nitrogen and oxygen atoms in total. The van der Waals surface area contributed by atoms with E-state index in [1.807, 2.05) is 72.8 Å². The number of aromatic nitrogens is 3. The average molecular weight is 616 g/mol. The Morgan fingerprint density at radius 2 is 0.875 bits per heavy atom. The third-order valence-corrected chi connectivity index (χ3v) is 8.96. The Morgan fingerprint density at radius 3 is 1.42 bits per heavy atom. The van der Waals surface area contributed by atoms with Crippen molar-refractivity contribution in [1.82, 2.24) is 15.0 Å². The lowest BCUT2D eigenvalue weighted by atomic mass is 9.91. The van der Waals surface area contributed by atoms with Crippen molar-refractivity contribution in [3.63, 3.8) is 0 Å². The maximum Gasteiger partial charge on any atom is 0.163 e. The first-order valence-electron chi connectivity index (χ1n) is 16.2. The highest BCUT2D eigenvalue weighted by molar-refractivity contribution is 6.01. The van der Waals surface area contributed by atoms with E-state index in [9.17, 15) is 0 Å². The van der Waals surface area contributed by atoms with Gasteiger partial charge in [-0.1, -0.05) is 146 Å². The molecular formula is C44H29N3O. The summed E-state index contributed by atoms with van der Waals surface area (Å²) in [4.78, 5) is 15.2. The van der Waals surface area contributed by atoms with Gasteiger partial charge in [0.25, 0.3) is 0 Å². The summed E-state index contributed by atoms with van der Waals surface area (Å²) in [6.07, 6.45) is 2.28. The number of hydrogen-bond donors (Lipinski definition) is 0. The summed E-state index contributed by atoms with van der Waals surface area (Å²) >= 11 is 0. The van der Waals surface area contributed by atoms with E-state index in [0.717, 1.165) is 55.7 Å². The van der Waals surface area contributed by atoms with E-state index < -0.39 is 0 Å². The van der Waals surface area contributed by atoms with Crippen LogP contribution in [0.25, 0.3) is 61.6 Å². The van der Waals surface area contributed by atoms with Crippen LogP contribution in [0.5, 0.6) is 0 Å². The zero-order valence-electron chi connectivity index (χ0n) is 26.0. The summed E-state index contributed by atoms with van der Waals surface area (Å²) in [6.45, 7) is 0. The molecule has 226 valence electrons. The molecule has 0 radical (unpaired) electrons. The SMILES string of the molecule is C1=C(c2cc(-c3ccccc3)cc(-c3ccccc3)c2)c2c(oc3ccccc23)C1c1nc(-c2ccccc2)nc(-c2ccccc2)n1. The highest BCUT2D eigenvalue weighted by Gasteiger charge is 2.34. The van der Waals surface area contributed by atoms with Crippen molar-refractivity contribution in [2.45, 2.75) is 5.92 Å². The van der Waals surface area contributed by atoms with Gasteiger partial charge in [-0.25, -0.2) is 15.0 Å². The highest BCUT2D eigenvalue weighted by atomic mass is 16.3. The van der Waals surface area contributed by atoms with Crippen LogP contribution in [0.4, 0.5) is 0 Å². The van der Waals surface area contributed by atoms with Crippen LogP contribution in [0, 0.1) is 0 Å². The van der Waals surface area contributed by atoms with E-state index in [0.29, 0.717) is 17.5 Å². The maximum absolute atomic E-state index is 6.70. The molecular weight excluding hydrogens is 587 g/mol. The molecule has 8 aromatic rings. The topological polar surface area (TPSA) is 51.8 Å². The van der Waals surface area contributed by atoms with Crippen LogP contribution in [-0.2, 0) is 0 Å². The minimum atomic E-state index is -0.309. The largest absolute Gasteiger partial charge is 0.459 e. The minimum Gasteiger partial charge on any atom is -0.459 e. The van der Waals surface area contributed by atoms with Crippen LogP contribution < -0.4 is 0 Å². The minimum absolute atomic E-state index is 0.309. The van der Waals surface area contributed by atoms with Crippen molar-refractivity contribution in [3.05, 3.63) is 193 Å². The second-order valence-corrected chi connectivity index (χ2v) is 12.0. The van der Waals surface area contributed by atoms with Gasteiger partial charge in [0.2, 0.25) is 0 Å². The van der Waals surface area contributed by atoms with E-state index in [2.05, 4.69) is 97.1 Å². The molecule has 0 saturated heterocycles. The fourth-order valence-electron chi connectivity index (χ4n) is 6.66. The Balaban J connectivity index is 1.28. The van der Waals surface area contributed by atoms with Crippen molar-refractivity contribution >= 4 is 16.5 Å². The molecule has 9 rings (SSSR count). The van der Waals surface area contributed by atoms with Crippen LogP contribution in [0.15, 0.2) is 174 Å². The fraction of sp³-hybridized carbons (Fsp3) is 0.0227. The normalized spacial score (nSPS) is 13.8. The molecule has 0 aliphatic heterocycles. The molecule has 2 heterocycles. The number of hydrogen-bond acceptors (Lipinski definition) is 4.